The highest BCUT2D eigenvalue weighted by Crippen LogP contribution is 2.78. The summed E-state index contributed by atoms with van der Waals surface area (Å²) in [7, 11) is 0. The van der Waals surface area contributed by atoms with E-state index in [2.05, 4.69) is 68.4 Å². The molecular formula is C31H52O. The Morgan fingerprint density at radius 2 is 1.41 bits per heavy atom. The van der Waals surface area contributed by atoms with Crippen LogP contribution >= 0.6 is 0 Å². The summed E-state index contributed by atoms with van der Waals surface area (Å²) < 4.78 is 0. The summed E-state index contributed by atoms with van der Waals surface area (Å²) in [6.45, 7) is 23.0. The van der Waals surface area contributed by atoms with E-state index in [0.29, 0.717) is 27.1 Å². The van der Waals surface area contributed by atoms with Crippen molar-refractivity contribution in [1.29, 1.82) is 0 Å². The predicted molar refractivity (Wildman–Crippen MR) is 135 cm³/mol. The molecule has 4 fully saturated rings. The molecule has 1 nitrogen and oxygen atoms in total. The largest absolute Gasteiger partial charge is 0.393 e. The average molecular weight is 441 g/mol. The quantitative estimate of drug-likeness (QED) is 0.374. The molecule has 0 aromatic rings. The molecule has 32 heavy (non-hydrogen) atoms. The van der Waals surface area contributed by atoms with E-state index in [4.69, 9.17) is 0 Å². The highest BCUT2D eigenvalue weighted by Gasteiger charge is 2.71. The van der Waals surface area contributed by atoms with Gasteiger partial charge in [-0.1, -0.05) is 74.0 Å². The molecule has 0 amide bonds. The van der Waals surface area contributed by atoms with E-state index in [1.165, 1.54) is 57.8 Å². The zero-order valence-corrected chi connectivity index (χ0v) is 22.8. The number of hydrogen-bond donors (Lipinski definition) is 1. The Balaban J connectivity index is 1.60. The van der Waals surface area contributed by atoms with Crippen LogP contribution in [-0.4, -0.2) is 11.2 Å². The van der Waals surface area contributed by atoms with E-state index in [9.17, 15) is 5.11 Å². The number of rotatable bonds is 0. The lowest BCUT2D eigenvalue weighted by atomic mass is 9.30. The molecule has 1 heteroatoms. The molecule has 0 unspecified atom stereocenters. The van der Waals surface area contributed by atoms with Crippen molar-refractivity contribution in [2.45, 2.75) is 133 Å². The summed E-state index contributed by atoms with van der Waals surface area (Å²) in [4.78, 5) is 0. The van der Waals surface area contributed by atoms with Gasteiger partial charge < -0.3 is 5.11 Å². The first-order valence-electron chi connectivity index (χ1n) is 14.0. The Kier molecular flexibility index (Phi) is 4.74. The maximum atomic E-state index is 11.0. The van der Waals surface area contributed by atoms with E-state index in [1.807, 2.05) is 5.57 Å². The molecular weight excluding hydrogens is 388 g/mol. The average Bonchev–Trinajstić information content (AvgIpc) is 2.70. The molecule has 5 aliphatic rings. The lowest BCUT2D eigenvalue weighted by molar-refractivity contribution is -0.249. The van der Waals surface area contributed by atoms with Crippen LogP contribution in [0.5, 0.6) is 0 Å². The van der Waals surface area contributed by atoms with Crippen molar-refractivity contribution in [2.75, 3.05) is 0 Å². The Labute approximate surface area is 199 Å². The van der Waals surface area contributed by atoms with Gasteiger partial charge in [-0.15, -0.1) is 0 Å². The summed E-state index contributed by atoms with van der Waals surface area (Å²) in [6, 6.07) is 0. The number of aliphatic hydroxyl groups is 1. The van der Waals surface area contributed by atoms with Gasteiger partial charge in [0.05, 0.1) is 6.10 Å². The SMILES string of the molecule is CC1(C)CC[C@]2(C)CC[C@]3(C)C(=CC[C@@H]4[C@@]5(C)CC[C@H](O)C(C)(C)[C@]5(C)CC[C@]43C)[C@@H]2C1. The third kappa shape index (κ3) is 2.56. The molecule has 1 N–H and O–H groups in total. The minimum absolute atomic E-state index is 0.00917. The van der Waals surface area contributed by atoms with E-state index in [0.717, 1.165) is 18.3 Å². The van der Waals surface area contributed by atoms with Crippen molar-refractivity contribution in [3.05, 3.63) is 11.6 Å². The fraction of sp³-hybridized carbons (Fsp3) is 0.935. The Morgan fingerprint density at radius 1 is 0.750 bits per heavy atom. The molecule has 0 saturated heterocycles. The number of fused-ring (bicyclic) bond motifs is 7. The lowest BCUT2D eigenvalue weighted by Crippen LogP contribution is -2.68. The second kappa shape index (κ2) is 6.47. The van der Waals surface area contributed by atoms with E-state index in [1.54, 1.807) is 0 Å². The summed E-state index contributed by atoms with van der Waals surface area (Å²) in [5.41, 5.74) is 4.12. The van der Waals surface area contributed by atoms with Crippen LogP contribution in [0.2, 0.25) is 0 Å². The summed E-state index contributed by atoms with van der Waals surface area (Å²) in [6.07, 6.45) is 15.7. The van der Waals surface area contributed by atoms with Crippen molar-refractivity contribution in [2.24, 2.45) is 49.7 Å². The second-order valence-corrected chi connectivity index (χ2v) is 15.8. The normalized spacial score (nSPS) is 56.2. The molecule has 5 aliphatic carbocycles. The van der Waals surface area contributed by atoms with Crippen LogP contribution in [0.1, 0.15) is 127 Å². The molecule has 0 aliphatic heterocycles. The van der Waals surface area contributed by atoms with Crippen LogP contribution in [0, 0.1) is 49.7 Å². The molecule has 0 bridgehead atoms. The highest BCUT2D eigenvalue weighted by atomic mass is 16.3. The summed E-state index contributed by atoms with van der Waals surface area (Å²) >= 11 is 0. The number of hydrogen-bond acceptors (Lipinski definition) is 1. The van der Waals surface area contributed by atoms with Gasteiger partial charge in [0.1, 0.15) is 0 Å². The molecule has 8 atom stereocenters. The fourth-order valence-corrected chi connectivity index (χ4v) is 10.7. The van der Waals surface area contributed by atoms with Crippen LogP contribution in [0.4, 0.5) is 0 Å². The molecule has 0 aromatic heterocycles. The molecule has 0 radical (unpaired) electrons. The third-order valence-corrected chi connectivity index (χ3v) is 14.1. The first-order chi connectivity index (χ1) is 14.6. The lowest BCUT2D eigenvalue weighted by Gasteiger charge is -2.74. The van der Waals surface area contributed by atoms with Gasteiger partial charge in [0.15, 0.2) is 0 Å². The standard InChI is InChI=1S/C31H52O/c1-25(2)14-15-27(5)16-17-28(6)21(22(27)20-25)10-11-23-29(28,7)18-19-31(9)26(3,4)24(32)12-13-30(23,31)8/h10,22-24,32H,11-20H2,1-9H3/t22-,23-,24-,27+,28+,29+,30+,31-/m0/s1. The van der Waals surface area contributed by atoms with Gasteiger partial charge in [-0.25, -0.2) is 0 Å². The zero-order valence-electron chi connectivity index (χ0n) is 22.8. The van der Waals surface area contributed by atoms with E-state index >= 15 is 0 Å². The van der Waals surface area contributed by atoms with Crippen LogP contribution < -0.4 is 0 Å². The second-order valence-electron chi connectivity index (χ2n) is 15.8. The smallest absolute Gasteiger partial charge is 0.0596 e. The highest BCUT2D eigenvalue weighted by molar-refractivity contribution is 5.34. The molecule has 0 aromatic carbocycles. The van der Waals surface area contributed by atoms with Crippen molar-refractivity contribution in [1.82, 2.24) is 0 Å². The molecule has 182 valence electrons. The Morgan fingerprint density at radius 3 is 2.09 bits per heavy atom. The van der Waals surface area contributed by atoms with Gasteiger partial charge in [-0.2, -0.15) is 0 Å². The van der Waals surface area contributed by atoms with Crippen molar-refractivity contribution in [3.8, 4) is 0 Å². The topological polar surface area (TPSA) is 20.2 Å². The molecule has 0 heterocycles. The van der Waals surface area contributed by atoms with Crippen LogP contribution in [-0.2, 0) is 0 Å². The Hall–Kier alpha value is -0.300. The number of allylic oxidation sites excluding steroid dienone is 2. The number of aliphatic hydroxyl groups excluding tert-OH is 1. The minimum Gasteiger partial charge on any atom is -0.393 e. The maximum Gasteiger partial charge on any atom is 0.0596 e. The first kappa shape index (κ1) is 23.4. The van der Waals surface area contributed by atoms with Gasteiger partial charge in [0.2, 0.25) is 0 Å². The van der Waals surface area contributed by atoms with Crippen molar-refractivity contribution >= 4 is 0 Å². The Bertz CT molecular complexity index is 835. The predicted octanol–water partition coefficient (Wildman–Crippen LogP) is 8.56. The van der Waals surface area contributed by atoms with Crippen LogP contribution in [0.25, 0.3) is 0 Å². The zero-order chi connectivity index (χ0) is 23.6. The fourth-order valence-electron chi connectivity index (χ4n) is 10.7. The van der Waals surface area contributed by atoms with Gasteiger partial charge in [0, 0.05) is 0 Å². The van der Waals surface area contributed by atoms with Crippen molar-refractivity contribution < 1.29 is 5.11 Å². The van der Waals surface area contributed by atoms with Crippen molar-refractivity contribution in [3.63, 3.8) is 0 Å². The minimum atomic E-state index is -0.157. The summed E-state index contributed by atoms with van der Waals surface area (Å²) in [5.74, 6) is 1.52. The van der Waals surface area contributed by atoms with Crippen LogP contribution in [0.3, 0.4) is 0 Å². The third-order valence-electron chi connectivity index (χ3n) is 14.1. The van der Waals surface area contributed by atoms with E-state index < -0.39 is 0 Å². The van der Waals surface area contributed by atoms with Crippen LogP contribution in [0.15, 0.2) is 11.6 Å². The van der Waals surface area contributed by atoms with Gasteiger partial charge in [0.25, 0.3) is 0 Å². The van der Waals surface area contributed by atoms with Gasteiger partial charge in [-0.05, 0) is 114 Å². The molecule has 4 saturated carbocycles. The van der Waals surface area contributed by atoms with Gasteiger partial charge in [-0.3, -0.25) is 0 Å². The summed E-state index contributed by atoms with van der Waals surface area (Å²) in [5, 5.41) is 11.0. The van der Waals surface area contributed by atoms with E-state index in [-0.39, 0.29) is 16.9 Å². The molecule has 0 spiro atoms. The molecule has 5 rings (SSSR count). The van der Waals surface area contributed by atoms with Gasteiger partial charge >= 0.3 is 0 Å². The maximum absolute atomic E-state index is 11.0. The monoisotopic (exact) mass is 440 g/mol. The first-order valence-corrected chi connectivity index (χ1v) is 14.0.